The van der Waals surface area contributed by atoms with E-state index in [0.717, 1.165) is 17.7 Å². The van der Waals surface area contributed by atoms with E-state index in [1.165, 1.54) is 22.8 Å². The summed E-state index contributed by atoms with van der Waals surface area (Å²) in [6, 6.07) is 11.7. The Morgan fingerprint density at radius 2 is 1.91 bits per heavy atom. The Balaban J connectivity index is 1.24. The highest BCUT2D eigenvalue weighted by Gasteiger charge is 2.51. The molecule has 2 atom stereocenters. The number of hydrogen-bond acceptors (Lipinski definition) is 12. The fraction of sp³-hybridized carbons (Fsp3) is 0.243. The molecule has 53 heavy (non-hydrogen) atoms. The van der Waals surface area contributed by atoms with Crippen LogP contribution in [0.1, 0.15) is 69.7 Å². The van der Waals surface area contributed by atoms with Crippen LogP contribution in [0.25, 0.3) is 22.3 Å². The third-order valence-electron chi connectivity index (χ3n) is 10.2. The first kappa shape index (κ1) is 33.4. The zero-order valence-electron chi connectivity index (χ0n) is 28.2. The molecule has 15 nitrogen and oxygen atoms in total. The third kappa shape index (κ3) is 5.24. The lowest BCUT2D eigenvalue weighted by Crippen LogP contribution is -2.47. The van der Waals surface area contributed by atoms with Crippen molar-refractivity contribution < 1.29 is 37.9 Å². The number of nitrogens with zero attached hydrogens (tertiary/aromatic N) is 4. The van der Waals surface area contributed by atoms with E-state index in [4.69, 9.17) is 24.9 Å². The maximum atomic E-state index is 15.4. The van der Waals surface area contributed by atoms with Gasteiger partial charge < -0.3 is 29.8 Å². The van der Waals surface area contributed by atoms with Gasteiger partial charge in [0.25, 0.3) is 17.2 Å². The van der Waals surface area contributed by atoms with E-state index in [0.29, 0.717) is 46.1 Å². The average molecular weight is 721 g/mol. The highest BCUT2D eigenvalue weighted by molar-refractivity contribution is 5.96. The number of fused-ring (bicyclic) bond motifs is 5. The van der Waals surface area contributed by atoms with Gasteiger partial charge in [0.15, 0.2) is 0 Å². The minimum atomic E-state index is -2.11. The number of ether oxygens (including phenoxy) is 3. The molecule has 0 saturated heterocycles. The zero-order valence-corrected chi connectivity index (χ0v) is 28.2. The number of nitrogens with one attached hydrogen (secondary N) is 1. The van der Waals surface area contributed by atoms with Gasteiger partial charge in [-0.3, -0.25) is 19.7 Å². The Bertz CT molecular complexity index is 2520. The molecule has 268 valence electrons. The van der Waals surface area contributed by atoms with Gasteiger partial charge >= 0.3 is 12.1 Å². The molecule has 1 aliphatic carbocycles. The summed E-state index contributed by atoms with van der Waals surface area (Å²) in [4.78, 5) is 73.8. The van der Waals surface area contributed by atoms with Crippen molar-refractivity contribution in [2.75, 3.05) is 5.73 Å². The molecule has 0 fully saturated rings. The quantitative estimate of drug-likeness (QED) is 0.100. The zero-order chi connectivity index (χ0) is 37.3. The fourth-order valence-electron chi connectivity index (χ4n) is 7.56. The number of nitro groups is 1. The van der Waals surface area contributed by atoms with E-state index in [2.05, 4.69) is 10.3 Å². The van der Waals surface area contributed by atoms with Crippen LogP contribution >= 0.6 is 0 Å². The van der Waals surface area contributed by atoms with Gasteiger partial charge in [-0.2, -0.15) is 0 Å². The molecule has 0 radical (unpaired) electrons. The monoisotopic (exact) mass is 720 g/mol. The molecule has 0 spiro atoms. The van der Waals surface area contributed by atoms with Crippen molar-refractivity contribution in [3.8, 4) is 17.1 Å². The summed E-state index contributed by atoms with van der Waals surface area (Å²) in [5, 5.41) is 14.8. The normalized spacial score (nSPS) is 18.0. The molecular formula is C37H29FN6O9. The largest absolute Gasteiger partial charge is 0.515 e. The van der Waals surface area contributed by atoms with Crippen LogP contribution in [0.2, 0.25) is 0 Å². The minimum absolute atomic E-state index is 0.0456. The van der Waals surface area contributed by atoms with Gasteiger partial charge in [-0.1, -0.05) is 13.0 Å². The number of halogens is 1. The van der Waals surface area contributed by atoms with Crippen LogP contribution in [-0.4, -0.2) is 37.5 Å². The summed E-state index contributed by atoms with van der Waals surface area (Å²) in [6.07, 6.45) is -0.590. The predicted molar refractivity (Wildman–Crippen MR) is 184 cm³/mol. The van der Waals surface area contributed by atoms with Crippen molar-refractivity contribution in [2.45, 2.75) is 57.9 Å². The number of nitrogen functional groups attached to an aromatic ring is 1. The molecule has 8 rings (SSSR count). The number of pyridine rings is 3. The second-order valence-corrected chi connectivity index (χ2v) is 13.0. The molecule has 1 amide bonds. The summed E-state index contributed by atoms with van der Waals surface area (Å²) in [5.41, 5.74) is 6.72. The van der Waals surface area contributed by atoms with Gasteiger partial charge in [0.1, 0.15) is 29.7 Å². The average Bonchev–Trinajstić information content (AvgIpc) is 3.51. The lowest BCUT2D eigenvalue weighted by molar-refractivity contribution is -0.384. The Labute approximate surface area is 298 Å². The van der Waals surface area contributed by atoms with Crippen LogP contribution < -0.4 is 21.3 Å². The molecule has 2 aliphatic heterocycles. The number of rotatable bonds is 6. The Morgan fingerprint density at radius 1 is 1.13 bits per heavy atom. The topological polar surface area (TPSA) is 208 Å². The lowest BCUT2D eigenvalue weighted by atomic mass is 9.81. The number of nitrogens with two attached hydrogens (primary N) is 1. The summed E-state index contributed by atoms with van der Waals surface area (Å²) in [6.45, 7) is 2.91. The van der Waals surface area contributed by atoms with Gasteiger partial charge in [-0.25, -0.2) is 23.9 Å². The van der Waals surface area contributed by atoms with E-state index in [1.807, 2.05) is 0 Å². The number of esters is 1. The number of amides is 1. The van der Waals surface area contributed by atoms with E-state index in [9.17, 15) is 29.3 Å². The van der Waals surface area contributed by atoms with Crippen molar-refractivity contribution in [1.29, 1.82) is 0 Å². The molecule has 0 bridgehead atoms. The number of nitro benzene ring substituents is 1. The first-order valence-corrected chi connectivity index (χ1v) is 16.7. The van der Waals surface area contributed by atoms with E-state index < -0.39 is 52.6 Å². The van der Waals surface area contributed by atoms with Crippen LogP contribution in [0.3, 0.4) is 0 Å². The number of carbonyl (C=O) groups excluding carboxylic acids is 3. The predicted octanol–water partition coefficient (Wildman–Crippen LogP) is 5.05. The fourth-order valence-corrected chi connectivity index (χ4v) is 7.56. The van der Waals surface area contributed by atoms with Crippen LogP contribution in [0, 0.1) is 22.9 Å². The smallest absolute Gasteiger partial charge is 0.457 e. The third-order valence-corrected chi connectivity index (χ3v) is 10.2. The molecule has 2 aromatic carbocycles. The SMILES string of the molecule is CC[C@]1(OC(=O)Oc2ccc([N+](=O)[O-])cc2)C(=O)OCc2c1cc1n(c2=O)Cc2c-1nc1cc(F)c(C)c3c1c2[C@H](NC(=O)c1cccc(N)n1)CC3. The van der Waals surface area contributed by atoms with Crippen molar-refractivity contribution in [2.24, 2.45) is 0 Å². The first-order chi connectivity index (χ1) is 25.4. The van der Waals surface area contributed by atoms with Gasteiger partial charge in [-0.05, 0) is 73.2 Å². The highest BCUT2D eigenvalue weighted by Crippen LogP contribution is 2.46. The molecule has 16 heteroatoms. The number of non-ortho nitro benzene ring substituents is 1. The second-order valence-electron chi connectivity index (χ2n) is 13.0. The lowest BCUT2D eigenvalue weighted by Gasteiger charge is -2.35. The molecule has 3 aliphatic rings. The number of carbonyl (C=O) groups is 3. The second kappa shape index (κ2) is 12.2. The Morgan fingerprint density at radius 3 is 2.62 bits per heavy atom. The Kier molecular flexibility index (Phi) is 7.70. The van der Waals surface area contributed by atoms with Gasteiger partial charge in [0.05, 0.1) is 40.0 Å². The van der Waals surface area contributed by atoms with Crippen molar-refractivity contribution in [1.82, 2.24) is 19.9 Å². The number of anilines is 1. The van der Waals surface area contributed by atoms with Crippen LogP contribution in [0.4, 0.5) is 20.7 Å². The van der Waals surface area contributed by atoms with Crippen molar-refractivity contribution in [3.05, 3.63) is 120 Å². The number of aryl methyl sites for hydroxylation is 1. The number of cyclic esters (lactones) is 1. The summed E-state index contributed by atoms with van der Waals surface area (Å²) in [7, 11) is 0. The molecule has 5 heterocycles. The summed E-state index contributed by atoms with van der Waals surface area (Å²) >= 11 is 0. The maximum Gasteiger partial charge on any atom is 0.515 e. The summed E-state index contributed by atoms with van der Waals surface area (Å²) in [5.74, 6) is -1.76. The van der Waals surface area contributed by atoms with E-state index in [-0.39, 0.29) is 52.7 Å². The highest BCUT2D eigenvalue weighted by atomic mass is 19.1. The number of benzene rings is 2. The van der Waals surface area contributed by atoms with Crippen LogP contribution in [0.5, 0.6) is 5.75 Å². The molecule has 5 aromatic rings. The first-order valence-electron chi connectivity index (χ1n) is 16.7. The van der Waals surface area contributed by atoms with Crippen LogP contribution in [-0.2, 0) is 39.4 Å². The molecule has 3 N–H and O–H groups in total. The standard InChI is InChI=1S/C37H29FN6O9/c1-3-37(53-36(48)52-19-9-7-18(8-10-19)44(49)50)23-13-28-32-21(15-43(28)34(46)22(23)16-51-35(37)47)31-25(42-33(45)26-5-4-6-29(39)40-26)12-11-20-17(2)24(38)14-27(41-32)30(20)31/h4-10,13-14,25H,3,11-12,15-16H2,1-2H3,(H2,39,40)(H,42,45)/t25-,37-/m1/s1. The van der Waals surface area contributed by atoms with Crippen molar-refractivity contribution >= 4 is 40.4 Å². The molecular weight excluding hydrogens is 691 g/mol. The van der Waals surface area contributed by atoms with E-state index >= 15 is 4.39 Å². The number of aromatic nitrogens is 3. The van der Waals surface area contributed by atoms with Crippen LogP contribution in [0.15, 0.2) is 59.4 Å². The van der Waals surface area contributed by atoms with E-state index in [1.54, 1.807) is 38.1 Å². The maximum absolute atomic E-state index is 15.4. The molecule has 3 aromatic heterocycles. The summed E-state index contributed by atoms with van der Waals surface area (Å²) < 4.78 is 33.2. The van der Waals surface area contributed by atoms with Crippen molar-refractivity contribution in [3.63, 3.8) is 0 Å². The number of hydrogen-bond donors (Lipinski definition) is 2. The Hall–Kier alpha value is -6.71. The van der Waals surface area contributed by atoms with Gasteiger partial charge in [0.2, 0.25) is 5.60 Å². The molecule has 0 saturated carbocycles. The van der Waals surface area contributed by atoms with Gasteiger partial charge in [0, 0.05) is 34.7 Å². The van der Waals surface area contributed by atoms with Gasteiger partial charge in [-0.15, -0.1) is 0 Å². The molecule has 0 unspecified atom stereocenters. The minimum Gasteiger partial charge on any atom is -0.457 e.